The largest absolute Gasteiger partial charge is 0.507 e. The van der Waals surface area contributed by atoms with Crippen LogP contribution < -0.4 is 9.47 Å². The zero-order valence-electron chi connectivity index (χ0n) is 13.2. The minimum Gasteiger partial charge on any atom is -0.507 e. The van der Waals surface area contributed by atoms with Crippen molar-refractivity contribution in [2.24, 2.45) is 0 Å². The molecule has 2 aromatic carbocycles. The molecule has 0 spiro atoms. The van der Waals surface area contributed by atoms with Crippen LogP contribution in [0.2, 0.25) is 5.02 Å². The van der Waals surface area contributed by atoms with E-state index in [0.717, 1.165) is 5.56 Å². The number of ether oxygens (including phenoxy) is 2. The first-order valence-corrected chi connectivity index (χ1v) is 7.29. The van der Waals surface area contributed by atoms with Crippen LogP contribution >= 0.6 is 11.6 Å². The van der Waals surface area contributed by atoms with E-state index in [-0.39, 0.29) is 17.2 Å². The van der Waals surface area contributed by atoms with E-state index in [2.05, 4.69) is 0 Å². The number of benzene rings is 2. The highest BCUT2D eigenvalue weighted by molar-refractivity contribution is 6.31. The minimum atomic E-state index is -0.320. The molecular formula is C17H18ClNO4. The van der Waals surface area contributed by atoms with E-state index in [9.17, 15) is 9.90 Å². The predicted molar refractivity (Wildman–Crippen MR) is 88.5 cm³/mol. The highest BCUT2D eigenvalue weighted by Gasteiger charge is 2.17. The minimum absolute atomic E-state index is 0.0986. The van der Waals surface area contributed by atoms with Crippen molar-refractivity contribution >= 4 is 17.5 Å². The number of methoxy groups -OCH3 is 2. The Bertz CT molecular complexity index is 718. The Morgan fingerprint density at radius 3 is 2.48 bits per heavy atom. The third-order valence-electron chi connectivity index (χ3n) is 3.40. The molecule has 0 aromatic heterocycles. The van der Waals surface area contributed by atoms with Gasteiger partial charge in [-0.3, -0.25) is 4.79 Å². The molecule has 2 aromatic rings. The Labute approximate surface area is 140 Å². The monoisotopic (exact) mass is 335 g/mol. The van der Waals surface area contributed by atoms with E-state index in [1.807, 2.05) is 6.07 Å². The Balaban J connectivity index is 2.19. The third kappa shape index (κ3) is 3.87. The highest BCUT2D eigenvalue weighted by Crippen LogP contribution is 2.28. The van der Waals surface area contributed by atoms with E-state index < -0.39 is 0 Å². The number of amides is 1. The van der Waals surface area contributed by atoms with E-state index in [1.54, 1.807) is 33.4 Å². The van der Waals surface area contributed by atoms with Crippen LogP contribution in [0.3, 0.4) is 0 Å². The van der Waals surface area contributed by atoms with Gasteiger partial charge in [0.2, 0.25) is 0 Å². The number of carbonyl (C=O) groups excluding carboxylic acids is 1. The van der Waals surface area contributed by atoms with E-state index >= 15 is 0 Å². The zero-order valence-corrected chi connectivity index (χ0v) is 13.9. The molecule has 0 radical (unpaired) electrons. The van der Waals surface area contributed by atoms with Gasteiger partial charge in [0.05, 0.1) is 19.8 Å². The standard InChI is InChI=1S/C17H18ClNO4/c1-19(17(21)13-9-12(18)5-6-14(13)20)10-11-4-7-15(22-2)16(8-11)23-3/h4-9,20H,10H2,1-3H3. The molecule has 0 fully saturated rings. The van der Waals surface area contributed by atoms with Gasteiger partial charge in [-0.1, -0.05) is 17.7 Å². The summed E-state index contributed by atoms with van der Waals surface area (Å²) in [5, 5.41) is 10.2. The molecule has 1 amide bonds. The lowest BCUT2D eigenvalue weighted by atomic mass is 10.1. The van der Waals surface area contributed by atoms with Crippen LogP contribution in [0.1, 0.15) is 15.9 Å². The predicted octanol–water partition coefficient (Wildman–Crippen LogP) is 3.34. The summed E-state index contributed by atoms with van der Waals surface area (Å²) in [5.74, 6) is 0.799. The Hall–Kier alpha value is -2.40. The van der Waals surface area contributed by atoms with Gasteiger partial charge < -0.3 is 19.5 Å². The number of aromatic hydroxyl groups is 1. The molecule has 0 bridgehead atoms. The lowest BCUT2D eigenvalue weighted by molar-refractivity contribution is 0.0782. The van der Waals surface area contributed by atoms with E-state index in [0.29, 0.717) is 23.1 Å². The molecule has 0 aliphatic heterocycles. The van der Waals surface area contributed by atoms with Gasteiger partial charge in [-0.25, -0.2) is 0 Å². The van der Waals surface area contributed by atoms with Gasteiger partial charge in [-0.2, -0.15) is 0 Å². The summed E-state index contributed by atoms with van der Waals surface area (Å²) in [5.41, 5.74) is 1.04. The van der Waals surface area contributed by atoms with Crippen molar-refractivity contribution in [2.45, 2.75) is 6.54 Å². The molecule has 0 aliphatic carbocycles. The number of halogens is 1. The average Bonchev–Trinajstić information content (AvgIpc) is 2.56. The van der Waals surface area contributed by atoms with Crippen molar-refractivity contribution < 1.29 is 19.4 Å². The smallest absolute Gasteiger partial charge is 0.257 e. The molecule has 0 unspecified atom stereocenters. The van der Waals surface area contributed by atoms with E-state index in [4.69, 9.17) is 21.1 Å². The average molecular weight is 336 g/mol. The maximum absolute atomic E-state index is 12.5. The summed E-state index contributed by atoms with van der Waals surface area (Å²) >= 11 is 5.89. The molecular weight excluding hydrogens is 318 g/mol. The summed E-state index contributed by atoms with van der Waals surface area (Å²) in [4.78, 5) is 13.9. The molecule has 0 atom stereocenters. The molecule has 0 heterocycles. The van der Waals surface area contributed by atoms with Gasteiger partial charge >= 0.3 is 0 Å². The SMILES string of the molecule is COc1ccc(CN(C)C(=O)c2cc(Cl)ccc2O)cc1OC. The van der Waals surface area contributed by atoms with Crippen molar-refractivity contribution in [3.8, 4) is 17.2 Å². The van der Waals surface area contributed by atoms with Crippen LogP contribution in [0, 0.1) is 0 Å². The van der Waals surface area contributed by atoms with Crippen molar-refractivity contribution in [1.29, 1.82) is 0 Å². The van der Waals surface area contributed by atoms with Crippen molar-refractivity contribution in [1.82, 2.24) is 4.90 Å². The molecule has 2 rings (SSSR count). The second-order valence-corrected chi connectivity index (χ2v) is 5.45. The maximum atomic E-state index is 12.5. The van der Waals surface area contributed by atoms with Gasteiger partial charge in [0.15, 0.2) is 11.5 Å². The summed E-state index contributed by atoms with van der Waals surface area (Å²) in [7, 11) is 4.77. The first-order chi connectivity index (χ1) is 11.0. The number of rotatable bonds is 5. The van der Waals surface area contributed by atoms with Crippen LogP contribution in [0.4, 0.5) is 0 Å². The van der Waals surface area contributed by atoms with Crippen LogP contribution in [0.25, 0.3) is 0 Å². The molecule has 23 heavy (non-hydrogen) atoms. The first kappa shape index (κ1) is 17.0. The molecule has 0 saturated heterocycles. The summed E-state index contributed by atoms with van der Waals surface area (Å²) in [6, 6.07) is 9.82. The fourth-order valence-corrected chi connectivity index (χ4v) is 2.38. The molecule has 1 N–H and O–H groups in total. The lowest BCUT2D eigenvalue weighted by Gasteiger charge is -2.19. The van der Waals surface area contributed by atoms with Gasteiger partial charge in [0, 0.05) is 18.6 Å². The summed E-state index contributed by atoms with van der Waals surface area (Å²) in [6.45, 7) is 0.352. The number of phenols is 1. The molecule has 122 valence electrons. The van der Waals surface area contributed by atoms with Gasteiger partial charge in [-0.05, 0) is 35.9 Å². The second-order valence-electron chi connectivity index (χ2n) is 5.01. The van der Waals surface area contributed by atoms with Crippen LogP contribution in [0.5, 0.6) is 17.2 Å². The first-order valence-electron chi connectivity index (χ1n) is 6.91. The highest BCUT2D eigenvalue weighted by atomic mass is 35.5. The number of carbonyl (C=O) groups is 1. The maximum Gasteiger partial charge on any atom is 0.257 e. The summed E-state index contributed by atoms with van der Waals surface area (Å²) < 4.78 is 10.4. The second kappa shape index (κ2) is 7.24. The number of hydrogen-bond donors (Lipinski definition) is 1. The van der Waals surface area contributed by atoms with Crippen molar-refractivity contribution in [2.75, 3.05) is 21.3 Å². The molecule has 5 nitrogen and oxygen atoms in total. The van der Waals surface area contributed by atoms with Gasteiger partial charge in [0.25, 0.3) is 5.91 Å². The fraction of sp³-hybridized carbons (Fsp3) is 0.235. The quantitative estimate of drug-likeness (QED) is 0.910. The Kier molecular flexibility index (Phi) is 5.34. The molecule has 6 heteroatoms. The molecule has 0 aliphatic rings. The fourth-order valence-electron chi connectivity index (χ4n) is 2.21. The van der Waals surface area contributed by atoms with Gasteiger partial charge in [0.1, 0.15) is 5.75 Å². The topological polar surface area (TPSA) is 59.0 Å². The lowest BCUT2D eigenvalue weighted by Crippen LogP contribution is -2.26. The number of hydrogen-bond acceptors (Lipinski definition) is 4. The number of phenolic OH excluding ortho intramolecular Hbond substituents is 1. The van der Waals surface area contributed by atoms with Crippen LogP contribution in [-0.2, 0) is 6.54 Å². The normalized spacial score (nSPS) is 10.3. The van der Waals surface area contributed by atoms with Crippen LogP contribution in [0.15, 0.2) is 36.4 Å². The zero-order chi connectivity index (χ0) is 17.0. The summed E-state index contributed by atoms with van der Waals surface area (Å²) in [6.07, 6.45) is 0. The van der Waals surface area contributed by atoms with Crippen molar-refractivity contribution in [3.63, 3.8) is 0 Å². The van der Waals surface area contributed by atoms with Crippen molar-refractivity contribution in [3.05, 3.63) is 52.5 Å². The van der Waals surface area contributed by atoms with Crippen LogP contribution in [-0.4, -0.2) is 37.2 Å². The Morgan fingerprint density at radius 1 is 1.13 bits per heavy atom. The third-order valence-corrected chi connectivity index (χ3v) is 3.64. The van der Waals surface area contributed by atoms with Gasteiger partial charge in [-0.15, -0.1) is 0 Å². The Morgan fingerprint density at radius 2 is 1.83 bits per heavy atom. The molecule has 0 saturated carbocycles. The number of nitrogens with zero attached hydrogens (tertiary/aromatic N) is 1. The van der Waals surface area contributed by atoms with E-state index in [1.165, 1.54) is 23.1 Å².